The second-order valence-corrected chi connectivity index (χ2v) is 7.27. The highest BCUT2D eigenvalue weighted by atomic mass is 79.9. The molecule has 0 fully saturated rings. The van der Waals surface area contributed by atoms with E-state index in [0.29, 0.717) is 11.0 Å². The molecule has 1 rings (SSSR count). The van der Waals surface area contributed by atoms with Crippen LogP contribution in [0.5, 0.6) is 0 Å². The zero-order valence-corrected chi connectivity index (χ0v) is 14.0. The lowest BCUT2D eigenvalue weighted by atomic mass is 10.0. The fourth-order valence-electron chi connectivity index (χ4n) is 1.85. The first-order chi connectivity index (χ1) is 9.35. The predicted molar refractivity (Wildman–Crippen MR) is 81.3 cm³/mol. The van der Waals surface area contributed by atoms with Crippen LogP contribution < -0.4 is 10.5 Å². The molecule has 0 aromatic heterocycles. The number of benzene rings is 1. The van der Waals surface area contributed by atoms with Gasteiger partial charge in [0.25, 0.3) is 0 Å². The third-order valence-electron chi connectivity index (χ3n) is 3.31. The highest BCUT2D eigenvalue weighted by molar-refractivity contribution is 9.10. The smallest absolute Gasteiger partial charge is 0.243 e. The average molecular weight is 367 g/mol. The molecule has 1 aromatic carbocycles. The molecule has 1 aromatic rings. The Morgan fingerprint density at radius 3 is 2.45 bits per heavy atom. The van der Waals surface area contributed by atoms with Crippen LogP contribution in [-0.2, 0) is 16.6 Å². The molecule has 114 valence electrons. The Kier molecular flexibility index (Phi) is 6.57. The van der Waals surface area contributed by atoms with Crippen molar-refractivity contribution in [3.63, 3.8) is 0 Å². The van der Waals surface area contributed by atoms with E-state index < -0.39 is 15.8 Å². The highest BCUT2D eigenvalue weighted by Crippen LogP contribution is 2.24. The molecule has 0 amide bonds. The van der Waals surface area contributed by atoms with Crippen molar-refractivity contribution in [2.24, 2.45) is 11.7 Å². The molecule has 0 unspecified atom stereocenters. The van der Waals surface area contributed by atoms with Gasteiger partial charge in [-0.1, -0.05) is 42.6 Å². The number of halogens is 2. The summed E-state index contributed by atoms with van der Waals surface area (Å²) in [7, 11) is -3.87. The summed E-state index contributed by atoms with van der Waals surface area (Å²) in [5.41, 5.74) is 5.59. The number of hydrogen-bond donors (Lipinski definition) is 2. The van der Waals surface area contributed by atoms with Crippen LogP contribution in [0.25, 0.3) is 0 Å². The van der Waals surface area contributed by atoms with E-state index in [1.54, 1.807) is 0 Å². The fraction of sp³-hybridized carbons (Fsp3) is 0.538. The number of rotatable bonds is 7. The fourth-order valence-corrected chi connectivity index (χ4v) is 3.76. The van der Waals surface area contributed by atoms with E-state index in [1.807, 2.05) is 13.8 Å². The van der Waals surface area contributed by atoms with Crippen molar-refractivity contribution in [1.82, 2.24) is 4.72 Å². The summed E-state index contributed by atoms with van der Waals surface area (Å²) < 4.78 is 41.5. The lowest BCUT2D eigenvalue weighted by Crippen LogP contribution is -2.30. The van der Waals surface area contributed by atoms with Crippen LogP contribution >= 0.6 is 15.9 Å². The standard InChI is InChI=1S/C13H20BrFN2O2S/c1-3-9(4-2)8-17-20(18,19)12-6-11(14)5-10(7-16)13(12)15/h5-6,9,17H,3-4,7-8,16H2,1-2H3. The summed E-state index contributed by atoms with van der Waals surface area (Å²) in [5.74, 6) is -0.540. The predicted octanol–water partition coefficient (Wildman–Crippen LogP) is 2.76. The van der Waals surface area contributed by atoms with Gasteiger partial charge in [0.2, 0.25) is 10.0 Å². The SMILES string of the molecule is CCC(CC)CNS(=O)(=O)c1cc(Br)cc(CN)c1F. The molecule has 0 saturated heterocycles. The third-order valence-corrected chi connectivity index (χ3v) is 5.19. The maximum Gasteiger partial charge on any atom is 0.243 e. The second-order valence-electron chi connectivity index (χ2n) is 4.62. The van der Waals surface area contributed by atoms with Crippen molar-refractivity contribution in [1.29, 1.82) is 0 Å². The Morgan fingerprint density at radius 1 is 1.35 bits per heavy atom. The Labute approximate surface area is 128 Å². The summed E-state index contributed by atoms with van der Waals surface area (Å²) in [6.45, 7) is 4.24. The lowest BCUT2D eigenvalue weighted by Gasteiger charge is -2.15. The van der Waals surface area contributed by atoms with Gasteiger partial charge in [-0.2, -0.15) is 0 Å². The van der Waals surface area contributed by atoms with E-state index in [0.717, 1.165) is 12.8 Å². The van der Waals surface area contributed by atoms with Crippen LogP contribution in [0.2, 0.25) is 0 Å². The van der Waals surface area contributed by atoms with Gasteiger partial charge in [-0.05, 0) is 18.1 Å². The van der Waals surface area contributed by atoms with Gasteiger partial charge in [0.1, 0.15) is 10.7 Å². The highest BCUT2D eigenvalue weighted by Gasteiger charge is 2.22. The molecule has 0 atom stereocenters. The third kappa shape index (κ3) is 4.25. The summed E-state index contributed by atoms with van der Waals surface area (Å²) in [4.78, 5) is -0.363. The van der Waals surface area contributed by atoms with Crippen molar-refractivity contribution < 1.29 is 12.8 Å². The van der Waals surface area contributed by atoms with E-state index in [9.17, 15) is 12.8 Å². The molecule has 0 aliphatic rings. The molecule has 3 N–H and O–H groups in total. The minimum Gasteiger partial charge on any atom is -0.326 e. The van der Waals surface area contributed by atoms with Crippen molar-refractivity contribution in [3.05, 3.63) is 28.0 Å². The quantitative estimate of drug-likeness (QED) is 0.779. The molecule has 0 bridgehead atoms. The van der Waals surface area contributed by atoms with Crippen molar-refractivity contribution in [2.45, 2.75) is 38.1 Å². The number of hydrogen-bond acceptors (Lipinski definition) is 3. The van der Waals surface area contributed by atoms with Gasteiger partial charge in [-0.3, -0.25) is 0 Å². The maximum absolute atomic E-state index is 14.1. The summed E-state index contributed by atoms with van der Waals surface area (Å²) in [5, 5.41) is 0. The van der Waals surface area contributed by atoms with Crippen LogP contribution in [0.3, 0.4) is 0 Å². The molecule has 0 aliphatic carbocycles. The van der Waals surface area contributed by atoms with Gasteiger partial charge in [-0.25, -0.2) is 17.5 Å². The molecule has 0 radical (unpaired) electrons. The van der Waals surface area contributed by atoms with Gasteiger partial charge in [0.15, 0.2) is 0 Å². The Balaban J connectivity index is 3.06. The van der Waals surface area contributed by atoms with E-state index in [-0.39, 0.29) is 22.9 Å². The topological polar surface area (TPSA) is 72.2 Å². The van der Waals surface area contributed by atoms with Gasteiger partial charge < -0.3 is 5.73 Å². The molecular weight excluding hydrogens is 347 g/mol. The van der Waals surface area contributed by atoms with Gasteiger partial charge in [0, 0.05) is 23.1 Å². The number of sulfonamides is 1. The minimum absolute atomic E-state index is 0.0552. The molecule has 4 nitrogen and oxygen atoms in total. The van der Waals surface area contributed by atoms with Crippen molar-refractivity contribution >= 4 is 26.0 Å². The van der Waals surface area contributed by atoms with Crippen LogP contribution in [0.1, 0.15) is 32.3 Å². The zero-order valence-electron chi connectivity index (χ0n) is 11.6. The van der Waals surface area contributed by atoms with Gasteiger partial charge >= 0.3 is 0 Å². The van der Waals surface area contributed by atoms with E-state index in [4.69, 9.17) is 5.73 Å². The molecule has 0 saturated carbocycles. The monoisotopic (exact) mass is 366 g/mol. The average Bonchev–Trinajstić information content (AvgIpc) is 2.41. The molecule has 7 heteroatoms. The summed E-state index contributed by atoms with van der Waals surface area (Å²) in [6, 6.07) is 2.74. The Hall–Kier alpha value is -0.500. The lowest BCUT2D eigenvalue weighted by molar-refractivity contribution is 0.476. The second kappa shape index (κ2) is 7.49. The van der Waals surface area contributed by atoms with Gasteiger partial charge in [-0.15, -0.1) is 0 Å². The minimum atomic E-state index is -3.87. The largest absolute Gasteiger partial charge is 0.326 e. The Morgan fingerprint density at radius 2 is 1.95 bits per heavy atom. The van der Waals surface area contributed by atoms with Gasteiger partial charge in [0.05, 0.1) is 0 Å². The first-order valence-corrected chi connectivity index (χ1v) is 8.80. The molecule has 0 aliphatic heterocycles. The number of nitrogens with two attached hydrogens (primary N) is 1. The zero-order chi connectivity index (χ0) is 15.3. The molecular formula is C13H20BrFN2O2S. The van der Waals surface area contributed by atoms with Crippen LogP contribution in [0.15, 0.2) is 21.5 Å². The number of nitrogens with one attached hydrogen (secondary N) is 1. The summed E-state index contributed by atoms with van der Waals surface area (Å²) >= 11 is 3.17. The van der Waals surface area contributed by atoms with E-state index in [1.165, 1.54) is 12.1 Å². The Bertz CT molecular complexity index is 560. The van der Waals surface area contributed by atoms with Crippen molar-refractivity contribution in [3.8, 4) is 0 Å². The normalized spacial score (nSPS) is 12.1. The van der Waals surface area contributed by atoms with Crippen LogP contribution in [-0.4, -0.2) is 15.0 Å². The molecule has 0 heterocycles. The summed E-state index contributed by atoms with van der Waals surface area (Å²) in [6.07, 6.45) is 1.74. The van der Waals surface area contributed by atoms with Crippen LogP contribution in [0.4, 0.5) is 4.39 Å². The van der Waals surface area contributed by atoms with E-state index in [2.05, 4.69) is 20.7 Å². The van der Waals surface area contributed by atoms with Crippen LogP contribution in [0, 0.1) is 11.7 Å². The van der Waals surface area contributed by atoms with Crippen molar-refractivity contribution in [2.75, 3.05) is 6.54 Å². The molecule has 0 spiro atoms. The first kappa shape index (κ1) is 17.6. The maximum atomic E-state index is 14.1. The molecule has 20 heavy (non-hydrogen) atoms. The van der Waals surface area contributed by atoms with E-state index >= 15 is 0 Å². The first-order valence-electron chi connectivity index (χ1n) is 6.53.